The number of nitrogens with one attached hydrogen (secondary N) is 1. The predicted molar refractivity (Wildman–Crippen MR) is 90.0 cm³/mol. The number of piperazine rings is 1. The van der Waals surface area contributed by atoms with Crippen LogP contribution in [0, 0.1) is 12.8 Å². The van der Waals surface area contributed by atoms with Crippen molar-refractivity contribution in [2.24, 2.45) is 5.92 Å². The van der Waals surface area contributed by atoms with Gasteiger partial charge in [-0.2, -0.15) is 0 Å². The maximum Gasteiger partial charge on any atom is 0.289 e. The molecule has 132 valence electrons. The molecule has 2 amide bonds. The van der Waals surface area contributed by atoms with Crippen LogP contribution in [0.2, 0.25) is 0 Å². The first kappa shape index (κ1) is 15.9. The number of imidazole rings is 1. The lowest BCUT2D eigenvalue weighted by Crippen LogP contribution is -2.52. The van der Waals surface area contributed by atoms with Crippen molar-refractivity contribution in [1.29, 1.82) is 0 Å². The van der Waals surface area contributed by atoms with Gasteiger partial charge in [-0.3, -0.25) is 9.59 Å². The van der Waals surface area contributed by atoms with Crippen molar-refractivity contribution < 1.29 is 14.0 Å². The lowest BCUT2D eigenvalue weighted by Gasteiger charge is -2.36. The third kappa shape index (κ3) is 3.06. The number of aromatic amines is 1. The lowest BCUT2D eigenvalue weighted by molar-refractivity contribution is -0.137. The summed E-state index contributed by atoms with van der Waals surface area (Å²) in [6.07, 6.45) is 3.94. The number of aromatic nitrogens is 2. The zero-order valence-electron chi connectivity index (χ0n) is 14.3. The van der Waals surface area contributed by atoms with Crippen LogP contribution in [0.1, 0.15) is 34.2 Å². The molecular formula is C18H22N4O3. The number of furan rings is 1. The van der Waals surface area contributed by atoms with Crippen molar-refractivity contribution in [1.82, 2.24) is 19.8 Å². The van der Waals surface area contributed by atoms with Crippen LogP contribution in [0.5, 0.6) is 0 Å². The van der Waals surface area contributed by atoms with E-state index in [9.17, 15) is 9.59 Å². The Morgan fingerprint density at radius 2 is 2.00 bits per heavy atom. The number of carbonyl (C=O) groups is 2. The molecule has 1 aliphatic carbocycles. The molecular weight excluding hydrogens is 320 g/mol. The van der Waals surface area contributed by atoms with E-state index in [1.165, 1.54) is 6.26 Å². The van der Waals surface area contributed by atoms with E-state index in [0.29, 0.717) is 31.9 Å². The maximum absolute atomic E-state index is 12.8. The number of aryl methyl sites for hydroxylation is 2. The number of rotatable bonds is 2. The van der Waals surface area contributed by atoms with Crippen LogP contribution >= 0.6 is 0 Å². The highest BCUT2D eigenvalue weighted by Crippen LogP contribution is 2.26. The van der Waals surface area contributed by atoms with Crippen LogP contribution in [0.4, 0.5) is 0 Å². The molecule has 3 heterocycles. The van der Waals surface area contributed by atoms with E-state index >= 15 is 0 Å². The van der Waals surface area contributed by atoms with Gasteiger partial charge in [0.25, 0.3) is 5.91 Å². The molecule has 0 saturated carbocycles. The second-order valence-electron chi connectivity index (χ2n) is 6.78. The van der Waals surface area contributed by atoms with Gasteiger partial charge in [-0.15, -0.1) is 0 Å². The zero-order chi connectivity index (χ0) is 17.4. The number of carbonyl (C=O) groups excluding carboxylic acids is 2. The summed E-state index contributed by atoms with van der Waals surface area (Å²) in [5, 5.41) is 0. The van der Waals surface area contributed by atoms with Gasteiger partial charge in [-0.25, -0.2) is 4.98 Å². The highest BCUT2D eigenvalue weighted by molar-refractivity contribution is 5.91. The van der Waals surface area contributed by atoms with E-state index in [4.69, 9.17) is 4.42 Å². The van der Waals surface area contributed by atoms with Gasteiger partial charge in [0.15, 0.2) is 5.76 Å². The fourth-order valence-electron chi connectivity index (χ4n) is 3.78. The maximum atomic E-state index is 12.8. The monoisotopic (exact) mass is 342 g/mol. The molecule has 1 atom stereocenters. The summed E-state index contributed by atoms with van der Waals surface area (Å²) in [6, 6.07) is 3.38. The minimum atomic E-state index is -0.104. The summed E-state index contributed by atoms with van der Waals surface area (Å²) in [5.74, 6) is 1.38. The molecule has 2 aromatic heterocycles. The molecule has 2 aromatic rings. The van der Waals surface area contributed by atoms with Crippen LogP contribution in [0.3, 0.4) is 0 Å². The Morgan fingerprint density at radius 1 is 1.24 bits per heavy atom. The number of H-pyrrole nitrogens is 1. The number of hydrogen-bond donors (Lipinski definition) is 1. The van der Waals surface area contributed by atoms with E-state index in [1.807, 2.05) is 11.8 Å². The number of amides is 2. The molecule has 1 aliphatic heterocycles. The van der Waals surface area contributed by atoms with Crippen molar-refractivity contribution in [3.8, 4) is 0 Å². The molecule has 25 heavy (non-hydrogen) atoms. The summed E-state index contributed by atoms with van der Waals surface area (Å²) < 4.78 is 5.17. The van der Waals surface area contributed by atoms with Gasteiger partial charge >= 0.3 is 0 Å². The largest absolute Gasteiger partial charge is 0.459 e. The van der Waals surface area contributed by atoms with Crippen LogP contribution in [0.15, 0.2) is 22.8 Å². The molecule has 1 unspecified atom stereocenters. The molecule has 1 fully saturated rings. The lowest BCUT2D eigenvalue weighted by atomic mass is 9.88. The Hall–Kier alpha value is -2.57. The van der Waals surface area contributed by atoms with Gasteiger partial charge in [-0.05, 0) is 31.9 Å². The van der Waals surface area contributed by atoms with E-state index in [-0.39, 0.29) is 17.7 Å². The summed E-state index contributed by atoms with van der Waals surface area (Å²) in [5.41, 5.74) is 2.21. The predicted octanol–water partition coefficient (Wildman–Crippen LogP) is 1.40. The summed E-state index contributed by atoms with van der Waals surface area (Å²) in [4.78, 5) is 36.5. The van der Waals surface area contributed by atoms with Crippen LogP contribution in [-0.2, 0) is 17.6 Å². The number of nitrogens with zero attached hydrogens (tertiary/aromatic N) is 3. The van der Waals surface area contributed by atoms with E-state index in [0.717, 1.165) is 36.5 Å². The quantitative estimate of drug-likeness (QED) is 0.894. The highest BCUT2D eigenvalue weighted by atomic mass is 16.3. The SMILES string of the molecule is Cc1nc2c([nH]1)CC(C(=O)N1CCN(C(=O)c3ccco3)CC1)CC2. The van der Waals surface area contributed by atoms with Gasteiger partial charge < -0.3 is 19.2 Å². The Kier molecular flexibility index (Phi) is 4.07. The molecule has 0 radical (unpaired) electrons. The zero-order valence-corrected chi connectivity index (χ0v) is 14.3. The van der Waals surface area contributed by atoms with Crippen LogP contribution < -0.4 is 0 Å². The average Bonchev–Trinajstić information content (AvgIpc) is 3.28. The number of hydrogen-bond acceptors (Lipinski definition) is 4. The van der Waals surface area contributed by atoms with Gasteiger partial charge in [0.05, 0.1) is 12.0 Å². The van der Waals surface area contributed by atoms with Gasteiger partial charge in [-0.1, -0.05) is 0 Å². The fourth-order valence-corrected chi connectivity index (χ4v) is 3.78. The summed E-state index contributed by atoms with van der Waals surface area (Å²) >= 11 is 0. The molecule has 1 N–H and O–H groups in total. The Balaban J connectivity index is 1.35. The average molecular weight is 342 g/mol. The topological polar surface area (TPSA) is 82.4 Å². The van der Waals surface area contributed by atoms with Gasteiger partial charge in [0.1, 0.15) is 5.82 Å². The van der Waals surface area contributed by atoms with E-state index in [1.54, 1.807) is 17.0 Å². The summed E-state index contributed by atoms with van der Waals surface area (Å²) in [6.45, 7) is 4.20. The molecule has 7 heteroatoms. The van der Waals surface area contributed by atoms with E-state index in [2.05, 4.69) is 9.97 Å². The molecule has 0 aromatic carbocycles. The van der Waals surface area contributed by atoms with Crippen molar-refractivity contribution in [3.63, 3.8) is 0 Å². The van der Waals surface area contributed by atoms with Crippen molar-refractivity contribution in [2.75, 3.05) is 26.2 Å². The molecule has 2 aliphatic rings. The Labute approximate surface area is 146 Å². The first-order valence-corrected chi connectivity index (χ1v) is 8.78. The minimum Gasteiger partial charge on any atom is -0.459 e. The second kappa shape index (κ2) is 6.38. The smallest absolute Gasteiger partial charge is 0.289 e. The first-order chi connectivity index (χ1) is 12.1. The van der Waals surface area contributed by atoms with Crippen LogP contribution in [0.25, 0.3) is 0 Å². The highest BCUT2D eigenvalue weighted by Gasteiger charge is 2.32. The molecule has 4 rings (SSSR count). The Morgan fingerprint density at radius 3 is 2.72 bits per heavy atom. The van der Waals surface area contributed by atoms with Gasteiger partial charge in [0.2, 0.25) is 5.91 Å². The molecule has 0 spiro atoms. The van der Waals surface area contributed by atoms with Crippen molar-refractivity contribution in [2.45, 2.75) is 26.2 Å². The van der Waals surface area contributed by atoms with Crippen LogP contribution in [-0.4, -0.2) is 57.8 Å². The fraction of sp³-hybridized carbons (Fsp3) is 0.500. The molecule has 7 nitrogen and oxygen atoms in total. The van der Waals surface area contributed by atoms with Crippen molar-refractivity contribution >= 4 is 11.8 Å². The third-order valence-electron chi connectivity index (χ3n) is 5.12. The van der Waals surface area contributed by atoms with Crippen molar-refractivity contribution in [3.05, 3.63) is 41.4 Å². The number of fused-ring (bicyclic) bond motifs is 1. The summed E-state index contributed by atoms with van der Waals surface area (Å²) in [7, 11) is 0. The standard InChI is InChI=1S/C18H22N4O3/c1-12-19-14-5-4-13(11-15(14)20-12)17(23)21-6-8-22(9-7-21)18(24)16-3-2-10-25-16/h2-3,10,13H,4-9,11H2,1H3,(H,19,20). The van der Waals surface area contributed by atoms with Gasteiger partial charge in [0, 0.05) is 44.2 Å². The first-order valence-electron chi connectivity index (χ1n) is 8.78. The molecule has 0 bridgehead atoms. The van der Waals surface area contributed by atoms with E-state index < -0.39 is 0 Å². The normalized spacial score (nSPS) is 20.4. The Bertz CT molecular complexity index is 772. The minimum absolute atomic E-state index is 0.0136. The molecule has 1 saturated heterocycles. The second-order valence-corrected chi connectivity index (χ2v) is 6.78. The third-order valence-corrected chi connectivity index (χ3v) is 5.12.